The lowest BCUT2D eigenvalue weighted by Crippen LogP contribution is -2.41. The second-order valence-corrected chi connectivity index (χ2v) is 6.59. The Bertz CT molecular complexity index is 779. The molecule has 0 saturated heterocycles. The van der Waals surface area contributed by atoms with Crippen LogP contribution in [0.25, 0.3) is 0 Å². The number of hydrogen-bond donors (Lipinski definition) is 2. The lowest BCUT2D eigenvalue weighted by atomic mass is 10.00. The van der Waals surface area contributed by atoms with Gasteiger partial charge in [-0.15, -0.1) is 0 Å². The molecule has 0 bridgehead atoms. The van der Waals surface area contributed by atoms with Crippen molar-refractivity contribution in [2.45, 2.75) is 19.5 Å². The summed E-state index contributed by atoms with van der Waals surface area (Å²) in [6, 6.07) is 14.0. The van der Waals surface area contributed by atoms with Crippen LogP contribution in [0.15, 0.2) is 42.5 Å². The smallest absolute Gasteiger partial charge is 0.315 e. The molecule has 0 saturated carbocycles. The summed E-state index contributed by atoms with van der Waals surface area (Å²) in [6.07, 6.45) is 1.07. The first kappa shape index (κ1) is 19.0. The maximum absolute atomic E-state index is 12.0. The number of fused-ring (bicyclic) bond motifs is 1. The van der Waals surface area contributed by atoms with Crippen LogP contribution < -0.4 is 20.1 Å². The van der Waals surface area contributed by atoms with E-state index in [-0.39, 0.29) is 6.03 Å². The van der Waals surface area contributed by atoms with Crippen molar-refractivity contribution in [2.24, 2.45) is 0 Å². The SMILES string of the molecule is COc1ccc(CNC(=O)NCCN2CCc3ccccc3C2)cc1OC. The Kier molecular flexibility index (Phi) is 6.54. The summed E-state index contributed by atoms with van der Waals surface area (Å²) in [5.74, 6) is 1.33. The van der Waals surface area contributed by atoms with Crippen LogP contribution in [0, 0.1) is 0 Å². The predicted octanol–water partition coefficient (Wildman–Crippen LogP) is 2.56. The average molecular weight is 369 g/mol. The molecule has 2 N–H and O–H groups in total. The standard InChI is InChI=1S/C21H27N3O3/c1-26-19-8-7-16(13-20(19)27-2)14-23-21(25)22-10-12-24-11-9-17-5-3-4-6-18(17)15-24/h3-8,13H,9-12,14-15H2,1-2H3,(H2,22,23,25). The normalized spacial score (nSPS) is 13.6. The number of benzene rings is 2. The van der Waals surface area contributed by atoms with Gasteiger partial charge >= 0.3 is 6.03 Å². The number of urea groups is 1. The third-order valence-corrected chi connectivity index (χ3v) is 4.82. The van der Waals surface area contributed by atoms with Crippen molar-refractivity contribution in [3.63, 3.8) is 0 Å². The van der Waals surface area contributed by atoms with Crippen molar-refractivity contribution >= 4 is 6.03 Å². The monoisotopic (exact) mass is 369 g/mol. The molecule has 2 amide bonds. The van der Waals surface area contributed by atoms with E-state index >= 15 is 0 Å². The van der Waals surface area contributed by atoms with E-state index in [1.54, 1.807) is 14.2 Å². The van der Waals surface area contributed by atoms with E-state index in [1.165, 1.54) is 11.1 Å². The van der Waals surface area contributed by atoms with Crippen LogP contribution >= 0.6 is 0 Å². The molecule has 2 aromatic carbocycles. The van der Waals surface area contributed by atoms with Crippen molar-refractivity contribution in [3.8, 4) is 11.5 Å². The maximum atomic E-state index is 12.0. The van der Waals surface area contributed by atoms with E-state index < -0.39 is 0 Å². The molecular formula is C21H27N3O3. The Morgan fingerprint density at radius 1 is 1.04 bits per heavy atom. The molecule has 2 aromatic rings. The van der Waals surface area contributed by atoms with Gasteiger partial charge in [-0.1, -0.05) is 30.3 Å². The summed E-state index contributed by atoms with van der Waals surface area (Å²) < 4.78 is 10.5. The van der Waals surface area contributed by atoms with Gasteiger partial charge < -0.3 is 20.1 Å². The highest BCUT2D eigenvalue weighted by atomic mass is 16.5. The first-order valence-electron chi connectivity index (χ1n) is 9.21. The summed E-state index contributed by atoms with van der Waals surface area (Å²) in [4.78, 5) is 14.4. The summed E-state index contributed by atoms with van der Waals surface area (Å²) in [5, 5.41) is 5.80. The molecular weight excluding hydrogens is 342 g/mol. The Balaban J connectivity index is 1.39. The van der Waals surface area contributed by atoms with Gasteiger partial charge in [0.1, 0.15) is 0 Å². The number of carbonyl (C=O) groups excluding carboxylic acids is 1. The average Bonchev–Trinajstić information content (AvgIpc) is 2.72. The first-order valence-corrected chi connectivity index (χ1v) is 9.21. The van der Waals surface area contributed by atoms with Crippen molar-refractivity contribution in [2.75, 3.05) is 33.9 Å². The van der Waals surface area contributed by atoms with Gasteiger partial charge in [0.05, 0.1) is 14.2 Å². The molecule has 0 fully saturated rings. The Morgan fingerprint density at radius 3 is 2.59 bits per heavy atom. The molecule has 1 heterocycles. The van der Waals surface area contributed by atoms with Crippen LogP contribution in [0.3, 0.4) is 0 Å². The zero-order valence-corrected chi connectivity index (χ0v) is 16.0. The van der Waals surface area contributed by atoms with Crippen LogP contribution in [-0.2, 0) is 19.5 Å². The highest BCUT2D eigenvalue weighted by Crippen LogP contribution is 2.27. The van der Waals surface area contributed by atoms with E-state index in [1.807, 2.05) is 18.2 Å². The van der Waals surface area contributed by atoms with Gasteiger partial charge in [-0.25, -0.2) is 4.79 Å². The number of rotatable bonds is 7. The third kappa shape index (κ3) is 5.14. The quantitative estimate of drug-likeness (QED) is 0.787. The van der Waals surface area contributed by atoms with Crippen LogP contribution in [0.4, 0.5) is 4.79 Å². The van der Waals surface area contributed by atoms with Gasteiger partial charge in [-0.2, -0.15) is 0 Å². The molecule has 6 nitrogen and oxygen atoms in total. The number of nitrogens with one attached hydrogen (secondary N) is 2. The molecule has 27 heavy (non-hydrogen) atoms. The lowest BCUT2D eigenvalue weighted by molar-refractivity contribution is 0.230. The van der Waals surface area contributed by atoms with E-state index in [4.69, 9.17) is 9.47 Å². The predicted molar refractivity (Wildman–Crippen MR) is 105 cm³/mol. The molecule has 1 aliphatic heterocycles. The number of carbonyl (C=O) groups is 1. The minimum atomic E-state index is -0.165. The van der Waals surface area contributed by atoms with E-state index in [9.17, 15) is 4.79 Å². The number of ether oxygens (including phenoxy) is 2. The molecule has 3 rings (SSSR count). The van der Waals surface area contributed by atoms with Crippen LogP contribution in [0.5, 0.6) is 11.5 Å². The van der Waals surface area contributed by atoms with Gasteiger partial charge in [0.25, 0.3) is 0 Å². The van der Waals surface area contributed by atoms with E-state index in [0.29, 0.717) is 24.6 Å². The highest BCUT2D eigenvalue weighted by molar-refractivity contribution is 5.73. The molecule has 144 valence electrons. The highest BCUT2D eigenvalue weighted by Gasteiger charge is 2.15. The Morgan fingerprint density at radius 2 is 1.81 bits per heavy atom. The second-order valence-electron chi connectivity index (χ2n) is 6.59. The molecule has 6 heteroatoms. The molecule has 0 spiro atoms. The fraction of sp³-hybridized carbons (Fsp3) is 0.381. The number of nitrogens with zero attached hydrogens (tertiary/aromatic N) is 1. The van der Waals surface area contributed by atoms with Gasteiger partial charge in [-0.05, 0) is 35.2 Å². The minimum Gasteiger partial charge on any atom is -0.493 e. The Labute approximate surface area is 160 Å². The van der Waals surface area contributed by atoms with Crippen molar-refractivity contribution in [3.05, 3.63) is 59.2 Å². The van der Waals surface area contributed by atoms with Gasteiger partial charge in [-0.3, -0.25) is 4.90 Å². The summed E-state index contributed by atoms with van der Waals surface area (Å²) in [5.41, 5.74) is 3.78. The second kappa shape index (κ2) is 9.28. The van der Waals surface area contributed by atoms with Crippen LogP contribution in [-0.4, -0.2) is 44.8 Å². The van der Waals surface area contributed by atoms with Gasteiger partial charge in [0.2, 0.25) is 0 Å². The molecule has 0 radical (unpaired) electrons. The fourth-order valence-electron chi connectivity index (χ4n) is 3.31. The molecule has 1 aliphatic rings. The third-order valence-electron chi connectivity index (χ3n) is 4.82. The minimum absolute atomic E-state index is 0.165. The molecule has 0 aromatic heterocycles. The molecule has 0 unspecified atom stereocenters. The number of amides is 2. The fourth-order valence-corrected chi connectivity index (χ4v) is 3.31. The van der Waals surface area contributed by atoms with E-state index in [2.05, 4.69) is 39.8 Å². The maximum Gasteiger partial charge on any atom is 0.315 e. The Hall–Kier alpha value is -2.73. The summed E-state index contributed by atoms with van der Waals surface area (Å²) >= 11 is 0. The van der Waals surface area contributed by atoms with Gasteiger partial charge in [0, 0.05) is 32.7 Å². The largest absolute Gasteiger partial charge is 0.493 e. The summed E-state index contributed by atoms with van der Waals surface area (Å²) in [6.45, 7) is 3.89. The number of hydrogen-bond acceptors (Lipinski definition) is 4. The zero-order chi connectivity index (χ0) is 19.1. The molecule has 0 atom stereocenters. The van der Waals surface area contributed by atoms with Crippen molar-refractivity contribution in [1.29, 1.82) is 0 Å². The van der Waals surface area contributed by atoms with Crippen LogP contribution in [0.2, 0.25) is 0 Å². The van der Waals surface area contributed by atoms with E-state index in [0.717, 1.165) is 31.6 Å². The molecule has 0 aliphatic carbocycles. The van der Waals surface area contributed by atoms with Crippen molar-refractivity contribution in [1.82, 2.24) is 15.5 Å². The van der Waals surface area contributed by atoms with Crippen LogP contribution in [0.1, 0.15) is 16.7 Å². The first-order chi connectivity index (χ1) is 13.2. The summed E-state index contributed by atoms with van der Waals surface area (Å²) in [7, 11) is 3.20. The van der Waals surface area contributed by atoms with Gasteiger partial charge in [0.15, 0.2) is 11.5 Å². The lowest BCUT2D eigenvalue weighted by Gasteiger charge is -2.28. The number of methoxy groups -OCH3 is 2. The van der Waals surface area contributed by atoms with Crippen molar-refractivity contribution < 1.29 is 14.3 Å². The zero-order valence-electron chi connectivity index (χ0n) is 16.0. The topological polar surface area (TPSA) is 62.8 Å².